The van der Waals surface area contributed by atoms with Crippen LogP contribution in [0.5, 0.6) is 11.5 Å². The fraction of sp³-hybridized carbons (Fsp3) is 0.143. The van der Waals surface area contributed by atoms with E-state index >= 15 is 0 Å². The maximum Gasteiger partial charge on any atom is 0.231 e. The van der Waals surface area contributed by atoms with Crippen LogP contribution in [0.15, 0.2) is 28.7 Å². The Kier molecular flexibility index (Phi) is 2.59. The monoisotopic (exact) mass is 258 g/mol. The molecule has 0 fully saturated rings. The maximum atomic E-state index is 11.7. The van der Waals surface area contributed by atoms with E-state index in [0.717, 1.165) is 0 Å². The lowest BCUT2D eigenvalue weighted by atomic mass is 10.0. The summed E-state index contributed by atoms with van der Waals surface area (Å²) in [7, 11) is 0. The summed E-state index contributed by atoms with van der Waals surface area (Å²) in [5.41, 5.74) is 1.06. The lowest BCUT2D eigenvalue weighted by Crippen LogP contribution is -1.96. The number of furan rings is 1. The molecule has 3 rings (SSSR count). The lowest BCUT2D eigenvalue weighted by molar-refractivity contribution is 0.101. The minimum Gasteiger partial charge on any atom is -0.454 e. The van der Waals surface area contributed by atoms with E-state index in [1.165, 1.54) is 6.92 Å². The number of ketones is 1. The van der Waals surface area contributed by atoms with Crippen molar-refractivity contribution in [2.75, 3.05) is 6.79 Å². The van der Waals surface area contributed by atoms with Gasteiger partial charge in [-0.1, -0.05) is 0 Å². The van der Waals surface area contributed by atoms with E-state index in [9.17, 15) is 9.59 Å². The van der Waals surface area contributed by atoms with Gasteiger partial charge >= 0.3 is 0 Å². The van der Waals surface area contributed by atoms with Gasteiger partial charge in [-0.3, -0.25) is 9.59 Å². The topological polar surface area (TPSA) is 65.7 Å². The number of rotatable bonds is 3. The first-order chi connectivity index (χ1) is 9.19. The van der Waals surface area contributed by atoms with E-state index in [-0.39, 0.29) is 18.3 Å². The third-order valence-corrected chi connectivity index (χ3v) is 2.90. The zero-order chi connectivity index (χ0) is 13.4. The molecule has 1 aliphatic heterocycles. The van der Waals surface area contributed by atoms with Crippen LogP contribution in [-0.4, -0.2) is 18.9 Å². The largest absolute Gasteiger partial charge is 0.454 e. The molecule has 1 aliphatic rings. The van der Waals surface area contributed by atoms with E-state index in [1.54, 1.807) is 24.3 Å². The molecule has 0 saturated carbocycles. The third kappa shape index (κ3) is 1.89. The molecule has 1 aromatic carbocycles. The van der Waals surface area contributed by atoms with Gasteiger partial charge in [0.1, 0.15) is 5.76 Å². The van der Waals surface area contributed by atoms with Crippen LogP contribution in [0.2, 0.25) is 0 Å². The number of carbonyl (C=O) groups excluding carboxylic acids is 2. The first-order valence-electron chi connectivity index (χ1n) is 5.69. The number of benzene rings is 1. The van der Waals surface area contributed by atoms with Gasteiger partial charge in [0, 0.05) is 11.1 Å². The van der Waals surface area contributed by atoms with E-state index in [4.69, 9.17) is 13.9 Å². The second-order valence-corrected chi connectivity index (χ2v) is 4.13. The molecule has 1 aromatic heterocycles. The standard InChI is InChI=1S/C14H10O5/c1-8(16)10-4-13-14(18-7-17-13)5-11(10)12-3-2-9(6-15)19-12/h2-6H,7H2,1H3. The molecular weight excluding hydrogens is 248 g/mol. The Morgan fingerprint density at radius 2 is 1.95 bits per heavy atom. The Hall–Kier alpha value is -2.56. The Bertz CT molecular complexity index is 668. The normalized spacial score (nSPS) is 12.5. The summed E-state index contributed by atoms with van der Waals surface area (Å²) < 4.78 is 15.9. The molecule has 0 spiro atoms. The van der Waals surface area contributed by atoms with Gasteiger partial charge in [0.25, 0.3) is 0 Å². The summed E-state index contributed by atoms with van der Waals surface area (Å²) in [5, 5.41) is 0. The van der Waals surface area contributed by atoms with Crippen molar-refractivity contribution < 1.29 is 23.5 Å². The summed E-state index contributed by atoms with van der Waals surface area (Å²) in [5.74, 6) is 1.64. The minimum absolute atomic E-state index is 0.114. The molecule has 2 aromatic rings. The highest BCUT2D eigenvalue weighted by Crippen LogP contribution is 2.39. The van der Waals surface area contributed by atoms with Crippen molar-refractivity contribution in [2.45, 2.75) is 6.92 Å². The maximum absolute atomic E-state index is 11.7. The molecule has 2 heterocycles. The van der Waals surface area contributed by atoms with E-state index in [1.807, 2.05) is 0 Å². The van der Waals surface area contributed by atoms with Crippen LogP contribution in [0.25, 0.3) is 11.3 Å². The Morgan fingerprint density at radius 3 is 2.58 bits per heavy atom. The molecule has 0 N–H and O–H groups in total. The number of hydrogen-bond acceptors (Lipinski definition) is 5. The van der Waals surface area contributed by atoms with Gasteiger partial charge in [-0.15, -0.1) is 0 Å². The molecule has 96 valence electrons. The number of aldehydes is 1. The number of fused-ring (bicyclic) bond motifs is 1. The van der Waals surface area contributed by atoms with Gasteiger partial charge in [0.05, 0.1) is 0 Å². The Balaban J connectivity index is 2.18. The van der Waals surface area contributed by atoms with Crippen molar-refractivity contribution in [3.63, 3.8) is 0 Å². The number of hydrogen-bond donors (Lipinski definition) is 0. The van der Waals surface area contributed by atoms with Gasteiger partial charge in [-0.2, -0.15) is 0 Å². The molecule has 0 unspecified atom stereocenters. The summed E-state index contributed by atoms with van der Waals surface area (Å²) in [6.45, 7) is 1.60. The molecule has 19 heavy (non-hydrogen) atoms. The first-order valence-corrected chi connectivity index (χ1v) is 5.69. The van der Waals surface area contributed by atoms with Crippen molar-refractivity contribution in [3.05, 3.63) is 35.6 Å². The van der Waals surface area contributed by atoms with Crippen molar-refractivity contribution in [3.8, 4) is 22.8 Å². The second kappa shape index (κ2) is 4.28. The molecule has 0 atom stereocenters. The highest BCUT2D eigenvalue weighted by molar-refractivity contribution is 6.01. The molecule has 5 nitrogen and oxygen atoms in total. The second-order valence-electron chi connectivity index (χ2n) is 4.13. The highest BCUT2D eigenvalue weighted by atomic mass is 16.7. The SMILES string of the molecule is CC(=O)c1cc2c(cc1-c1ccc(C=O)o1)OCO2. The van der Waals surface area contributed by atoms with Gasteiger partial charge in [-0.25, -0.2) is 0 Å². The van der Waals surface area contributed by atoms with Crippen LogP contribution in [0, 0.1) is 0 Å². The zero-order valence-electron chi connectivity index (χ0n) is 10.1. The lowest BCUT2D eigenvalue weighted by Gasteiger charge is -2.06. The van der Waals surface area contributed by atoms with Crippen LogP contribution in [0.4, 0.5) is 0 Å². The van der Waals surface area contributed by atoms with Gasteiger partial charge < -0.3 is 13.9 Å². The number of carbonyl (C=O) groups is 2. The van der Waals surface area contributed by atoms with E-state index in [0.29, 0.717) is 34.7 Å². The molecule has 0 aliphatic carbocycles. The van der Waals surface area contributed by atoms with Crippen LogP contribution >= 0.6 is 0 Å². The summed E-state index contributed by atoms with van der Waals surface area (Å²) in [4.78, 5) is 22.4. The average Bonchev–Trinajstić information content (AvgIpc) is 3.05. The number of ether oxygens (including phenoxy) is 2. The van der Waals surface area contributed by atoms with Gasteiger partial charge in [0.15, 0.2) is 29.3 Å². The Labute approximate surface area is 108 Å². The van der Waals surface area contributed by atoms with Crippen LogP contribution in [0.3, 0.4) is 0 Å². The van der Waals surface area contributed by atoms with Crippen LogP contribution in [0.1, 0.15) is 27.8 Å². The summed E-state index contributed by atoms with van der Waals surface area (Å²) in [6.07, 6.45) is 0.615. The predicted molar refractivity (Wildman–Crippen MR) is 65.7 cm³/mol. The first kappa shape index (κ1) is 11.5. The molecule has 0 saturated heterocycles. The third-order valence-electron chi connectivity index (χ3n) is 2.90. The predicted octanol–water partition coefficient (Wildman–Crippen LogP) is 2.69. The van der Waals surface area contributed by atoms with Crippen LogP contribution in [-0.2, 0) is 0 Å². The van der Waals surface area contributed by atoms with Crippen LogP contribution < -0.4 is 9.47 Å². The number of Topliss-reactive ketones (excluding diaryl/α,β-unsaturated/α-hetero) is 1. The van der Waals surface area contributed by atoms with Crippen molar-refractivity contribution in [1.29, 1.82) is 0 Å². The highest BCUT2D eigenvalue weighted by Gasteiger charge is 2.21. The van der Waals surface area contributed by atoms with E-state index in [2.05, 4.69) is 0 Å². The molecular formula is C14H10O5. The summed E-state index contributed by atoms with van der Waals surface area (Å²) >= 11 is 0. The minimum atomic E-state index is -0.114. The van der Waals surface area contributed by atoms with E-state index < -0.39 is 0 Å². The zero-order valence-corrected chi connectivity index (χ0v) is 10.1. The smallest absolute Gasteiger partial charge is 0.231 e. The van der Waals surface area contributed by atoms with Gasteiger partial charge in [0.2, 0.25) is 6.79 Å². The molecule has 5 heteroatoms. The average molecular weight is 258 g/mol. The van der Waals surface area contributed by atoms with Crippen molar-refractivity contribution >= 4 is 12.1 Å². The van der Waals surface area contributed by atoms with Gasteiger partial charge in [-0.05, 0) is 31.2 Å². The van der Waals surface area contributed by atoms with Crippen molar-refractivity contribution in [2.24, 2.45) is 0 Å². The Morgan fingerprint density at radius 1 is 1.21 bits per heavy atom. The molecule has 0 radical (unpaired) electrons. The quantitative estimate of drug-likeness (QED) is 0.625. The van der Waals surface area contributed by atoms with Crippen molar-refractivity contribution in [1.82, 2.24) is 0 Å². The summed E-state index contributed by atoms with van der Waals surface area (Å²) in [6, 6.07) is 6.51. The fourth-order valence-electron chi connectivity index (χ4n) is 2.00. The molecule has 0 bridgehead atoms. The molecule has 0 amide bonds. The fourth-order valence-corrected chi connectivity index (χ4v) is 2.00.